The van der Waals surface area contributed by atoms with Gasteiger partial charge in [-0.1, -0.05) is 11.6 Å². The number of nitrogens with one attached hydrogen (secondary N) is 1. The number of ether oxygens (including phenoxy) is 4. The first kappa shape index (κ1) is 25.4. The van der Waals surface area contributed by atoms with Gasteiger partial charge in [0.15, 0.2) is 5.82 Å². The Morgan fingerprint density at radius 1 is 1.30 bits per heavy atom. The van der Waals surface area contributed by atoms with Gasteiger partial charge in [-0.25, -0.2) is 9.78 Å². The molecule has 1 amide bonds. The van der Waals surface area contributed by atoms with Gasteiger partial charge in [-0.3, -0.25) is 0 Å². The molecule has 11 heteroatoms. The summed E-state index contributed by atoms with van der Waals surface area (Å²) in [6.07, 6.45) is 4.45. The molecular formula is C26H30ClN5O5. The fourth-order valence-electron chi connectivity index (χ4n) is 4.87. The first-order chi connectivity index (χ1) is 17.9. The number of nitriles is 1. The largest absolute Gasteiger partial charge is 0.489 e. The van der Waals surface area contributed by atoms with Crippen LogP contribution in [0.1, 0.15) is 38.2 Å². The van der Waals surface area contributed by atoms with Crippen LogP contribution < -0.4 is 14.8 Å². The number of halogens is 1. The van der Waals surface area contributed by atoms with E-state index in [1.54, 1.807) is 23.1 Å². The molecule has 0 spiro atoms. The summed E-state index contributed by atoms with van der Waals surface area (Å²) in [5, 5.41) is 12.6. The molecule has 1 aromatic carbocycles. The van der Waals surface area contributed by atoms with Crippen molar-refractivity contribution in [1.82, 2.24) is 14.9 Å². The minimum atomic E-state index is -0.321. The van der Waals surface area contributed by atoms with Crippen molar-refractivity contribution in [2.24, 2.45) is 11.8 Å². The molecule has 3 heterocycles. The first-order valence-electron chi connectivity index (χ1n) is 12.5. The number of hydrogen-bond donors (Lipinski definition) is 1. The zero-order valence-corrected chi connectivity index (χ0v) is 21.7. The second-order valence-electron chi connectivity index (χ2n) is 10.0. The fraction of sp³-hybridized carbons (Fsp3) is 0.538. The third-order valence-electron chi connectivity index (χ3n) is 7.15. The van der Waals surface area contributed by atoms with E-state index in [9.17, 15) is 4.79 Å². The smallest absolute Gasteiger partial charge is 0.410 e. The summed E-state index contributed by atoms with van der Waals surface area (Å²) in [7, 11) is 1.52. The van der Waals surface area contributed by atoms with Crippen molar-refractivity contribution in [1.29, 1.82) is 5.26 Å². The third-order valence-corrected chi connectivity index (χ3v) is 7.47. The standard InChI is InChI=1S/C26H30ClN5O5/c1-26(7-8-26)37-25(33)32-12-17-4-3-9-35-14-18(13-32)21(17)36-24-22(34-2)23(29-15-30-24)31-20-6-5-16(11-28)10-19(20)27/h5-6,10,15,17-18,21H,3-4,7-9,12-14H2,1-2H3,(H,29,30,31). The van der Waals surface area contributed by atoms with Crippen LogP contribution >= 0.6 is 11.6 Å². The predicted octanol–water partition coefficient (Wildman–Crippen LogP) is 4.55. The summed E-state index contributed by atoms with van der Waals surface area (Å²) in [6.45, 7) is 4.17. The Morgan fingerprint density at radius 2 is 2.11 bits per heavy atom. The Labute approximate surface area is 220 Å². The van der Waals surface area contributed by atoms with Crippen LogP contribution in [-0.4, -0.2) is 66.1 Å². The minimum Gasteiger partial charge on any atom is -0.489 e. The van der Waals surface area contributed by atoms with Crippen molar-refractivity contribution in [2.75, 3.05) is 38.7 Å². The number of carbonyl (C=O) groups excluding carboxylic acids is 1. The van der Waals surface area contributed by atoms with Gasteiger partial charge in [-0.05, 0) is 50.8 Å². The van der Waals surface area contributed by atoms with Crippen molar-refractivity contribution in [2.45, 2.75) is 44.3 Å². The lowest BCUT2D eigenvalue weighted by Gasteiger charge is -2.44. The summed E-state index contributed by atoms with van der Waals surface area (Å²) >= 11 is 6.34. The summed E-state index contributed by atoms with van der Waals surface area (Å²) < 4.78 is 23.8. The number of piperidine rings is 1. The van der Waals surface area contributed by atoms with Crippen LogP contribution in [0.3, 0.4) is 0 Å². The molecule has 3 fully saturated rings. The van der Waals surface area contributed by atoms with E-state index in [4.69, 9.17) is 35.8 Å². The average molecular weight is 528 g/mol. The number of anilines is 2. The predicted molar refractivity (Wildman–Crippen MR) is 135 cm³/mol. The number of benzene rings is 1. The molecule has 3 aliphatic rings. The lowest BCUT2D eigenvalue weighted by Crippen LogP contribution is -2.56. The van der Waals surface area contributed by atoms with E-state index in [1.807, 2.05) is 6.92 Å². The molecule has 3 atom stereocenters. The normalized spacial score (nSPS) is 24.2. The number of rotatable bonds is 6. The van der Waals surface area contributed by atoms with Crippen molar-refractivity contribution in [3.8, 4) is 17.7 Å². The van der Waals surface area contributed by atoms with Crippen molar-refractivity contribution in [3.63, 3.8) is 0 Å². The third kappa shape index (κ3) is 5.68. The number of amides is 1. The number of carbonyl (C=O) groups is 1. The number of aromatic nitrogens is 2. The molecule has 1 saturated carbocycles. The molecule has 196 valence electrons. The van der Waals surface area contributed by atoms with E-state index in [1.165, 1.54) is 13.4 Å². The number of fused-ring (bicyclic) bond motifs is 2. The van der Waals surface area contributed by atoms with E-state index >= 15 is 0 Å². The van der Waals surface area contributed by atoms with E-state index in [2.05, 4.69) is 21.4 Å². The molecule has 2 bridgehead atoms. The summed E-state index contributed by atoms with van der Waals surface area (Å²) in [6, 6.07) is 7.00. The molecule has 2 saturated heterocycles. The summed E-state index contributed by atoms with van der Waals surface area (Å²) in [5.41, 5.74) is 0.702. The monoisotopic (exact) mass is 527 g/mol. The van der Waals surface area contributed by atoms with Gasteiger partial charge in [0, 0.05) is 31.5 Å². The Morgan fingerprint density at radius 3 is 2.84 bits per heavy atom. The van der Waals surface area contributed by atoms with E-state index in [0.717, 1.165) is 25.7 Å². The van der Waals surface area contributed by atoms with Gasteiger partial charge in [0.2, 0.25) is 5.75 Å². The molecule has 5 rings (SSSR count). The molecule has 2 aliphatic heterocycles. The van der Waals surface area contributed by atoms with Crippen molar-refractivity contribution >= 4 is 29.2 Å². The van der Waals surface area contributed by atoms with Crippen molar-refractivity contribution < 1.29 is 23.7 Å². The van der Waals surface area contributed by atoms with E-state index < -0.39 is 0 Å². The maximum atomic E-state index is 12.9. The van der Waals surface area contributed by atoms with Gasteiger partial charge < -0.3 is 29.2 Å². The van der Waals surface area contributed by atoms with Gasteiger partial charge in [-0.15, -0.1) is 0 Å². The van der Waals surface area contributed by atoms with Crippen LogP contribution in [0.25, 0.3) is 0 Å². The van der Waals surface area contributed by atoms with Gasteiger partial charge in [0.05, 0.1) is 36.1 Å². The highest BCUT2D eigenvalue weighted by molar-refractivity contribution is 6.33. The highest BCUT2D eigenvalue weighted by Crippen LogP contribution is 2.41. The second-order valence-corrected chi connectivity index (χ2v) is 10.4. The Kier molecular flexibility index (Phi) is 7.26. The van der Waals surface area contributed by atoms with Gasteiger partial charge in [-0.2, -0.15) is 10.2 Å². The Balaban J connectivity index is 1.36. The van der Waals surface area contributed by atoms with Crippen LogP contribution in [0.2, 0.25) is 5.02 Å². The number of methoxy groups -OCH3 is 1. The molecular weight excluding hydrogens is 498 g/mol. The molecule has 10 nitrogen and oxygen atoms in total. The minimum absolute atomic E-state index is 0.0531. The van der Waals surface area contributed by atoms with Crippen LogP contribution in [0.4, 0.5) is 16.3 Å². The topological polar surface area (TPSA) is 119 Å². The summed E-state index contributed by atoms with van der Waals surface area (Å²) in [4.78, 5) is 23.4. The molecule has 2 aromatic rings. The second kappa shape index (κ2) is 10.6. The number of likely N-dealkylation sites (tertiary alicyclic amines) is 1. The quantitative estimate of drug-likeness (QED) is 0.577. The van der Waals surface area contributed by atoms with Crippen LogP contribution in [0.15, 0.2) is 24.5 Å². The van der Waals surface area contributed by atoms with E-state index in [-0.39, 0.29) is 29.6 Å². The molecule has 0 radical (unpaired) electrons. The van der Waals surface area contributed by atoms with Crippen LogP contribution in [-0.2, 0) is 9.47 Å². The SMILES string of the molecule is COc1c(Nc2ccc(C#N)cc2Cl)ncnc1OC1C2CCCOCC1CN(C(=O)OC1(C)CC1)C2. The van der Waals surface area contributed by atoms with Crippen LogP contribution in [0, 0.1) is 23.2 Å². The highest BCUT2D eigenvalue weighted by atomic mass is 35.5. The molecule has 37 heavy (non-hydrogen) atoms. The highest BCUT2D eigenvalue weighted by Gasteiger charge is 2.46. The average Bonchev–Trinajstić information content (AvgIpc) is 3.62. The van der Waals surface area contributed by atoms with Crippen LogP contribution in [0.5, 0.6) is 11.6 Å². The molecule has 1 aromatic heterocycles. The maximum absolute atomic E-state index is 12.9. The molecule has 3 unspecified atom stereocenters. The van der Waals surface area contributed by atoms with Crippen molar-refractivity contribution in [3.05, 3.63) is 35.1 Å². The maximum Gasteiger partial charge on any atom is 0.410 e. The molecule has 1 N–H and O–H groups in total. The van der Waals surface area contributed by atoms with Gasteiger partial charge in [0.1, 0.15) is 18.0 Å². The fourth-order valence-corrected chi connectivity index (χ4v) is 5.10. The van der Waals surface area contributed by atoms with Gasteiger partial charge in [0.25, 0.3) is 5.88 Å². The Hall–Kier alpha value is -3.29. The summed E-state index contributed by atoms with van der Waals surface area (Å²) in [5.74, 6) is 1.05. The lowest BCUT2D eigenvalue weighted by molar-refractivity contribution is -0.0646. The Bertz CT molecular complexity index is 1180. The molecule has 1 aliphatic carbocycles. The number of nitrogens with zero attached hydrogens (tertiary/aromatic N) is 4. The number of hydrogen-bond acceptors (Lipinski definition) is 9. The zero-order chi connectivity index (χ0) is 26.0. The lowest BCUT2D eigenvalue weighted by atomic mass is 9.83. The van der Waals surface area contributed by atoms with E-state index in [0.29, 0.717) is 60.0 Å². The first-order valence-corrected chi connectivity index (χ1v) is 12.8. The zero-order valence-electron chi connectivity index (χ0n) is 20.9. The van der Waals surface area contributed by atoms with Gasteiger partial charge >= 0.3 is 6.09 Å².